The van der Waals surface area contributed by atoms with E-state index < -0.39 is 10.0 Å². The lowest BCUT2D eigenvalue weighted by molar-refractivity contribution is -0.131. The van der Waals surface area contributed by atoms with Gasteiger partial charge in [-0.1, -0.05) is 13.8 Å². The highest BCUT2D eigenvalue weighted by molar-refractivity contribution is 7.89. The van der Waals surface area contributed by atoms with Gasteiger partial charge >= 0.3 is 0 Å². The molecule has 1 amide bonds. The van der Waals surface area contributed by atoms with E-state index in [4.69, 9.17) is 9.56 Å². The van der Waals surface area contributed by atoms with Crippen molar-refractivity contribution >= 4 is 15.9 Å². The van der Waals surface area contributed by atoms with E-state index in [0.717, 1.165) is 0 Å². The average molecular weight is 317 g/mol. The van der Waals surface area contributed by atoms with Crippen LogP contribution >= 0.6 is 0 Å². The molecule has 1 heterocycles. The number of amides is 1. The first-order valence-corrected chi connectivity index (χ1v) is 8.22. The van der Waals surface area contributed by atoms with Crippen molar-refractivity contribution in [1.82, 2.24) is 10.2 Å². The zero-order valence-electron chi connectivity index (χ0n) is 12.8. The van der Waals surface area contributed by atoms with Gasteiger partial charge < -0.3 is 9.32 Å². The largest absolute Gasteiger partial charge is 0.447 e. The van der Waals surface area contributed by atoms with E-state index in [1.54, 1.807) is 14.1 Å². The van der Waals surface area contributed by atoms with Crippen LogP contribution in [0.5, 0.6) is 0 Å². The van der Waals surface area contributed by atoms with Crippen LogP contribution in [0.3, 0.4) is 0 Å². The fourth-order valence-electron chi connectivity index (χ4n) is 1.88. The van der Waals surface area contributed by atoms with Gasteiger partial charge in [-0.05, 0) is 24.5 Å². The van der Waals surface area contributed by atoms with Crippen molar-refractivity contribution < 1.29 is 17.6 Å². The highest BCUT2D eigenvalue weighted by Crippen LogP contribution is 2.13. The SMILES string of the molecule is CC(C)CC(NCc1ccc(S(N)(=O)=O)o1)C(=O)N(C)C. The fraction of sp³-hybridized carbons (Fsp3) is 0.615. The van der Waals surface area contributed by atoms with Crippen LogP contribution in [-0.4, -0.2) is 39.4 Å². The first kappa shape index (κ1) is 17.7. The molecule has 1 aromatic rings. The molecule has 0 bridgehead atoms. The minimum absolute atomic E-state index is 0.0260. The van der Waals surface area contributed by atoms with E-state index in [0.29, 0.717) is 18.1 Å². The highest BCUT2D eigenvalue weighted by atomic mass is 32.2. The van der Waals surface area contributed by atoms with Gasteiger partial charge in [-0.3, -0.25) is 10.1 Å². The molecule has 0 saturated carbocycles. The highest BCUT2D eigenvalue weighted by Gasteiger charge is 2.21. The lowest BCUT2D eigenvalue weighted by atomic mass is 10.0. The van der Waals surface area contributed by atoms with E-state index in [1.165, 1.54) is 17.0 Å². The van der Waals surface area contributed by atoms with Gasteiger partial charge in [0, 0.05) is 14.1 Å². The Morgan fingerprint density at radius 3 is 2.43 bits per heavy atom. The molecule has 1 aromatic heterocycles. The summed E-state index contributed by atoms with van der Waals surface area (Å²) in [6.45, 7) is 4.32. The zero-order chi connectivity index (χ0) is 16.2. The summed E-state index contributed by atoms with van der Waals surface area (Å²) >= 11 is 0. The quantitative estimate of drug-likeness (QED) is 0.762. The molecule has 0 aliphatic carbocycles. The zero-order valence-corrected chi connectivity index (χ0v) is 13.6. The van der Waals surface area contributed by atoms with Crippen molar-refractivity contribution in [2.45, 2.75) is 37.9 Å². The Hall–Kier alpha value is -1.38. The minimum Gasteiger partial charge on any atom is -0.447 e. The Balaban J connectivity index is 2.73. The number of primary sulfonamides is 1. The fourth-order valence-corrected chi connectivity index (χ4v) is 2.37. The Bertz CT molecular complexity index is 578. The normalized spacial score (nSPS) is 13.4. The maximum Gasteiger partial charge on any atom is 0.271 e. The molecule has 120 valence electrons. The number of likely N-dealkylation sites (N-methyl/N-ethyl adjacent to an activating group) is 1. The number of rotatable bonds is 7. The lowest BCUT2D eigenvalue weighted by Crippen LogP contribution is -2.44. The van der Waals surface area contributed by atoms with Crippen molar-refractivity contribution in [2.24, 2.45) is 11.1 Å². The van der Waals surface area contributed by atoms with Crippen LogP contribution in [0.15, 0.2) is 21.6 Å². The summed E-state index contributed by atoms with van der Waals surface area (Å²) in [7, 11) is -0.443. The summed E-state index contributed by atoms with van der Waals surface area (Å²) in [6, 6.07) is 2.49. The number of nitrogens with one attached hydrogen (secondary N) is 1. The second-order valence-electron chi connectivity index (χ2n) is 5.56. The summed E-state index contributed by atoms with van der Waals surface area (Å²) in [5.41, 5.74) is 0. The Morgan fingerprint density at radius 1 is 1.38 bits per heavy atom. The third-order valence-electron chi connectivity index (χ3n) is 2.89. The average Bonchev–Trinajstić information content (AvgIpc) is 2.81. The van der Waals surface area contributed by atoms with E-state index in [1.807, 2.05) is 13.8 Å². The van der Waals surface area contributed by atoms with Crippen molar-refractivity contribution in [3.8, 4) is 0 Å². The number of hydrogen-bond acceptors (Lipinski definition) is 5. The Morgan fingerprint density at radius 2 is 2.00 bits per heavy atom. The minimum atomic E-state index is -3.84. The van der Waals surface area contributed by atoms with Crippen molar-refractivity contribution in [3.05, 3.63) is 17.9 Å². The molecular weight excluding hydrogens is 294 g/mol. The van der Waals surface area contributed by atoms with Crippen LogP contribution in [0.1, 0.15) is 26.0 Å². The van der Waals surface area contributed by atoms with Crippen LogP contribution in [0.4, 0.5) is 0 Å². The molecule has 7 nitrogen and oxygen atoms in total. The lowest BCUT2D eigenvalue weighted by Gasteiger charge is -2.22. The number of hydrogen-bond donors (Lipinski definition) is 2. The van der Waals surface area contributed by atoms with Crippen molar-refractivity contribution in [1.29, 1.82) is 0 Å². The van der Waals surface area contributed by atoms with E-state index in [9.17, 15) is 13.2 Å². The number of nitrogens with zero attached hydrogens (tertiary/aromatic N) is 1. The molecular formula is C13H23N3O4S. The summed E-state index contributed by atoms with van der Waals surface area (Å²) in [6.07, 6.45) is 0.680. The number of sulfonamides is 1. The smallest absolute Gasteiger partial charge is 0.271 e. The van der Waals surface area contributed by atoms with Crippen LogP contribution in [0.2, 0.25) is 0 Å². The van der Waals surface area contributed by atoms with Crippen LogP contribution in [0.25, 0.3) is 0 Å². The number of carbonyl (C=O) groups is 1. The summed E-state index contributed by atoms with van der Waals surface area (Å²) in [4.78, 5) is 13.6. The third-order valence-corrected chi connectivity index (χ3v) is 3.67. The predicted octanol–water partition coefficient (Wildman–Crippen LogP) is 0.520. The summed E-state index contributed by atoms with van der Waals surface area (Å²) in [5, 5.41) is 7.79. The maximum absolute atomic E-state index is 12.1. The van der Waals surface area contributed by atoms with Gasteiger partial charge in [0.1, 0.15) is 5.76 Å². The van der Waals surface area contributed by atoms with Gasteiger partial charge in [0.25, 0.3) is 10.0 Å². The van der Waals surface area contributed by atoms with Crippen molar-refractivity contribution in [2.75, 3.05) is 14.1 Å². The molecule has 0 aromatic carbocycles. The van der Waals surface area contributed by atoms with E-state index >= 15 is 0 Å². The van der Waals surface area contributed by atoms with Gasteiger partial charge in [0.2, 0.25) is 11.0 Å². The molecule has 0 fully saturated rings. The first-order valence-electron chi connectivity index (χ1n) is 6.67. The van der Waals surface area contributed by atoms with Gasteiger partial charge in [-0.2, -0.15) is 0 Å². The number of carbonyl (C=O) groups excluding carboxylic acids is 1. The standard InChI is InChI=1S/C13H23N3O4S/c1-9(2)7-11(13(17)16(3)4)15-8-10-5-6-12(20-10)21(14,18)19/h5-6,9,11,15H,7-8H2,1-4H3,(H2,14,18,19). The third kappa shape index (κ3) is 5.49. The second-order valence-corrected chi connectivity index (χ2v) is 7.05. The number of nitrogens with two attached hydrogens (primary N) is 1. The van der Waals surface area contributed by atoms with Crippen molar-refractivity contribution in [3.63, 3.8) is 0 Å². The molecule has 0 aliphatic rings. The van der Waals surface area contributed by atoms with Gasteiger partial charge in [-0.25, -0.2) is 13.6 Å². The number of furan rings is 1. The Kier molecular flexibility index (Phi) is 5.94. The first-order chi connectivity index (χ1) is 9.61. The second kappa shape index (κ2) is 7.06. The molecule has 8 heteroatoms. The predicted molar refractivity (Wildman–Crippen MR) is 78.9 cm³/mol. The molecule has 21 heavy (non-hydrogen) atoms. The van der Waals surface area contributed by atoms with Crippen LogP contribution in [0, 0.1) is 5.92 Å². The Labute approximate surface area is 125 Å². The topological polar surface area (TPSA) is 106 Å². The molecule has 0 radical (unpaired) electrons. The van der Waals surface area contributed by atoms with E-state index in [2.05, 4.69) is 5.32 Å². The molecule has 1 atom stereocenters. The van der Waals surface area contributed by atoms with Crippen LogP contribution in [-0.2, 0) is 21.4 Å². The van der Waals surface area contributed by atoms with Crippen LogP contribution < -0.4 is 10.5 Å². The molecule has 3 N–H and O–H groups in total. The summed E-state index contributed by atoms with van der Waals surface area (Å²) in [5.74, 6) is 0.740. The molecule has 0 saturated heterocycles. The van der Waals surface area contributed by atoms with E-state index in [-0.39, 0.29) is 23.6 Å². The van der Waals surface area contributed by atoms with Gasteiger partial charge in [0.15, 0.2) is 0 Å². The molecule has 1 rings (SSSR count). The molecule has 1 unspecified atom stereocenters. The maximum atomic E-state index is 12.1. The van der Waals surface area contributed by atoms with Gasteiger partial charge in [0.05, 0.1) is 12.6 Å². The monoisotopic (exact) mass is 317 g/mol. The molecule has 0 aliphatic heterocycles. The summed E-state index contributed by atoms with van der Waals surface area (Å²) < 4.78 is 27.4. The molecule has 0 spiro atoms. The van der Waals surface area contributed by atoms with Gasteiger partial charge in [-0.15, -0.1) is 0 Å².